The van der Waals surface area contributed by atoms with Crippen molar-refractivity contribution in [2.45, 2.75) is 6.92 Å². The molecule has 0 fully saturated rings. The molecule has 1 amide bonds. The van der Waals surface area contributed by atoms with Gasteiger partial charge >= 0.3 is 0 Å². The molecule has 21 heavy (non-hydrogen) atoms. The van der Waals surface area contributed by atoms with Crippen LogP contribution in [0.5, 0.6) is 5.75 Å². The van der Waals surface area contributed by atoms with Gasteiger partial charge in [-0.2, -0.15) is 5.10 Å². The number of nitrogens with zero attached hydrogens (tertiary/aromatic N) is 1. The molecule has 0 spiro atoms. The topological polar surface area (TPSA) is 50.7 Å². The van der Waals surface area contributed by atoms with Crippen LogP contribution in [0.1, 0.15) is 22.8 Å². The standard InChI is InChI=1S/C16H15ClN2O2/c1-11(12-5-9-15(21-2)10-6-12)18-19-16(20)13-3-7-14(17)8-4-13/h3-10H,1-2H3,(H,19,20)/b18-11-. The first-order chi connectivity index (χ1) is 10.1. The minimum Gasteiger partial charge on any atom is -0.497 e. The van der Waals surface area contributed by atoms with Gasteiger partial charge < -0.3 is 4.74 Å². The number of nitrogens with one attached hydrogen (secondary N) is 1. The van der Waals surface area contributed by atoms with Crippen molar-refractivity contribution in [2.24, 2.45) is 5.10 Å². The summed E-state index contributed by atoms with van der Waals surface area (Å²) in [6, 6.07) is 14.1. The molecular formula is C16H15ClN2O2. The molecule has 2 aromatic carbocycles. The van der Waals surface area contributed by atoms with Crippen LogP contribution in [0.2, 0.25) is 5.02 Å². The maximum absolute atomic E-state index is 11.9. The zero-order valence-electron chi connectivity index (χ0n) is 11.8. The van der Waals surface area contributed by atoms with E-state index in [4.69, 9.17) is 16.3 Å². The van der Waals surface area contributed by atoms with Gasteiger partial charge in [0.25, 0.3) is 5.91 Å². The summed E-state index contributed by atoms with van der Waals surface area (Å²) in [6.45, 7) is 1.82. The molecule has 0 heterocycles. The average Bonchev–Trinajstić information content (AvgIpc) is 2.53. The van der Waals surface area contributed by atoms with Crippen LogP contribution in [0.25, 0.3) is 0 Å². The van der Waals surface area contributed by atoms with E-state index in [0.29, 0.717) is 16.3 Å². The normalized spacial score (nSPS) is 11.1. The number of amides is 1. The molecule has 0 aliphatic carbocycles. The minimum atomic E-state index is -0.278. The van der Waals surface area contributed by atoms with Crippen molar-refractivity contribution in [1.82, 2.24) is 5.43 Å². The predicted molar refractivity (Wildman–Crippen MR) is 84.1 cm³/mol. The summed E-state index contributed by atoms with van der Waals surface area (Å²) in [6.07, 6.45) is 0. The van der Waals surface area contributed by atoms with Gasteiger partial charge in [-0.1, -0.05) is 11.6 Å². The van der Waals surface area contributed by atoms with Crippen LogP contribution < -0.4 is 10.2 Å². The number of hydrogen-bond acceptors (Lipinski definition) is 3. The number of benzene rings is 2. The Labute approximate surface area is 128 Å². The Bertz CT molecular complexity index is 649. The van der Waals surface area contributed by atoms with Crippen molar-refractivity contribution < 1.29 is 9.53 Å². The Balaban J connectivity index is 2.05. The molecule has 2 aromatic rings. The van der Waals surface area contributed by atoms with Crippen molar-refractivity contribution in [3.63, 3.8) is 0 Å². The van der Waals surface area contributed by atoms with Crippen molar-refractivity contribution in [3.8, 4) is 5.75 Å². The van der Waals surface area contributed by atoms with Gasteiger partial charge in [-0.25, -0.2) is 5.43 Å². The lowest BCUT2D eigenvalue weighted by atomic mass is 10.1. The number of hydrogen-bond donors (Lipinski definition) is 1. The van der Waals surface area contributed by atoms with Gasteiger partial charge in [0.1, 0.15) is 5.75 Å². The molecular weight excluding hydrogens is 288 g/mol. The lowest BCUT2D eigenvalue weighted by molar-refractivity contribution is 0.0955. The third kappa shape index (κ3) is 4.07. The Hall–Kier alpha value is -2.33. The van der Waals surface area contributed by atoms with Gasteiger partial charge in [0.15, 0.2) is 0 Å². The number of carbonyl (C=O) groups excluding carboxylic acids is 1. The van der Waals surface area contributed by atoms with Gasteiger partial charge in [-0.05, 0) is 61.0 Å². The lowest BCUT2D eigenvalue weighted by Crippen LogP contribution is -2.19. The van der Waals surface area contributed by atoms with Crippen molar-refractivity contribution in [3.05, 3.63) is 64.7 Å². The fraction of sp³-hybridized carbons (Fsp3) is 0.125. The molecule has 5 heteroatoms. The molecule has 2 rings (SSSR count). The highest BCUT2D eigenvalue weighted by Crippen LogP contribution is 2.12. The number of halogens is 1. The highest BCUT2D eigenvalue weighted by atomic mass is 35.5. The third-order valence-electron chi connectivity index (χ3n) is 2.94. The Morgan fingerprint density at radius 2 is 1.62 bits per heavy atom. The molecule has 108 valence electrons. The highest BCUT2D eigenvalue weighted by molar-refractivity contribution is 6.30. The maximum atomic E-state index is 11.9. The summed E-state index contributed by atoms with van der Waals surface area (Å²) in [5.41, 5.74) is 4.64. The number of ether oxygens (including phenoxy) is 1. The summed E-state index contributed by atoms with van der Waals surface area (Å²) in [5, 5.41) is 4.68. The smallest absolute Gasteiger partial charge is 0.271 e. The second-order valence-corrected chi connectivity index (χ2v) is 4.81. The Morgan fingerprint density at radius 3 is 2.19 bits per heavy atom. The molecule has 0 saturated carbocycles. The van der Waals surface area contributed by atoms with E-state index in [1.165, 1.54) is 0 Å². The number of hydrazone groups is 1. The van der Waals surface area contributed by atoms with Gasteiger partial charge in [0.05, 0.1) is 12.8 Å². The summed E-state index contributed by atoms with van der Waals surface area (Å²) in [4.78, 5) is 11.9. The molecule has 0 aliphatic rings. The molecule has 4 nitrogen and oxygen atoms in total. The molecule has 0 aliphatic heterocycles. The number of carbonyl (C=O) groups is 1. The monoisotopic (exact) mass is 302 g/mol. The van der Waals surface area contributed by atoms with E-state index >= 15 is 0 Å². The second-order valence-electron chi connectivity index (χ2n) is 4.37. The van der Waals surface area contributed by atoms with Crippen LogP contribution in [-0.4, -0.2) is 18.7 Å². The molecule has 0 unspecified atom stereocenters. The summed E-state index contributed by atoms with van der Waals surface area (Å²) in [5.74, 6) is 0.497. The highest BCUT2D eigenvalue weighted by Gasteiger charge is 2.04. The van der Waals surface area contributed by atoms with Crippen LogP contribution >= 0.6 is 11.6 Å². The average molecular weight is 303 g/mol. The van der Waals surface area contributed by atoms with Gasteiger partial charge in [0.2, 0.25) is 0 Å². The van der Waals surface area contributed by atoms with Crippen molar-refractivity contribution in [2.75, 3.05) is 7.11 Å². The van der Waals surface area contributed by atoms with Crippen molar-refractivity contribution >= 4 is 23.2 Å². The summed E-state index contributed by atoms with van der Waals surface area (Å²) < 4.78 is 5.09. The quantitative estimate of drug-likeness (QED) is 0.694. The van der Waals surface area contributed by atoms with E-state index in [1.54, 1.807) is 31.4 Å². The van der Waals surface area contributed by atoms with Crippen LogP contribution in [0, 0.1) is 0 Å². The number of rotatable bonds is 4. The Morgan fingerprint density at radius 1 is 1.05 bits per heavy atom. The zero-order chi connectivity index (χ0) is 15.2. The van der Waals surface area contributed by atoms with Crippen LogP contribution in [-0.2, 0) is 0 Å². The molecule has 1 N–H and O–H groups in total. The van der Waals surface area contributed by atoms with E-state index in [1.807, 2.05) is 31.2 Å². The molecule has 0 bridgehead atoms. The van der Waals surface area contributed by atoms with E-state index in [0.717, 1.165) is 11.3 Å². The largest absolute Gasteiger partial charge is 0.497 e. The maximum Gasteiger partial charge on any atom is 0.271 e. The Kier molecular flexibility index (Phi) is 4.95. The van der Waals surface area contributed by atoms with E-state index < -0.39 is 0 Å². The van der Waals surface area contributed by atoms with Gasteiger partial charge in [-0.3, -0.25) is 4.79 Å². The molecule has 0 saturated heterocycles. The molecule has 0 atom stereocenters. The van der Waals surface area contributed by atoms with Crippen molar-refractivity contribution in [1.29, 1.82) is 0 Å². The third-order valence-corrected chi connectivity index (χ3v) is 3.19. The minimum absolute atomic E-state index is 0.278. The first kappa shape index (κ1) is 15.1. The molecule has 0 radical (unpaired) electrons. The summed E-state index contributed by atoms with van der Waals surface area (Å²) >= 11 is 5.78. The summed E-state index contributed by atoms with van der Waals surface area (Å²) in [7, 11) is 1.61. The lowest BCUT2D eigenvalue weighted by Gasteiger charge is -2.04. The first-order valence-corrected chi connectivity index (χ1v) is 6.72. The van der Waals surface area contributed by atoms with E-state index in [2.05, 4.69) is 10.5 Å². The van der Waals surface area contributed by atoms with Crippen LogP contribution in [0.15, 0.2) is 53.6 Å². The number of methoxy groups -OCH3 is 1. The van der Waals surface area contributed by atoms with Crippen LogP contribution in [0.4, 0.5) is 0 Å². The fourth-order valence-corrected chi connectivity index (χ4v) is 1.82. The molecule has 0 aromatic heterocycles. The fourth-order valence-electron chi connectivity index (χ4n) is 1.70. The second kappa shape index (κ2) is 6.90. The predicted octanol–water partition coefficient (Wildman–Crippen LogP) is 3.50. The van der Waals surface area contributed by atoms with Gasteiger partial charge in [-0.15, -0.1) is 0 Å². The first-order valence-electron chi connectivity index (χ1n) is 6.35. The van der Waals surface area contributed by atoms with E-state index in [-0.39, 0.29) is 5.91 Å². The SMILES string of the molecule is COc1ccc(/C(C)=N\NC(=O)c2ccc(Cl)cc2)cc1. The van der Waals surface area contributed by atoms with Gasteiger partial charge in [0, 0.05) is 10.6 Å². The van der Waals surface area contributed by atoms with Crippen LogP contribution in [0.3, 0.4) is 0 Å². The van der Waals surface area contributed by atoms with E-state index in [9.17, 15) is 4.79 Å². The zero-order valence-corrected chi connectivity index (χ0v) is 12.5.